The fraction of sp³-hybridized carbons (Fsp3) is 0.308. The number of thiol groups is 1. The van der Waals surface area contributed by atoms with E-state index >= 15 is 0 Å². The predicted molar refractivity (Wildman–Crippen MR) is 70.0 cm³/mol. The lowest BCUT2D eigenvalue weighted by atomic mass is 10.1. The Labute approximate surface area is 107 Å². The summed E-state index contributed by atoms with van der Waals surface area (Å²) in [7, 11) is 0. The Morgan fingerprint density at radius 3 is 2.71 bits per heavy atom. The van der Waals surface area contributed by atoms with Crippen LogP contribution in [0.4, 0.5) is 4.39 Å². The summed E-state index contributed by atoms with van der Waals surface area (Å²) in [6.45, 7) is 8.39. The molecule has 0 bridgehead atoms. The summed E-state index contributed by atoms with van der Waals surface area (Å²) >= 11 is 4.11. The summed E-state index contributed by atoms with van der Waals surface area (Å²) in [5.41, 5.74) is 0.920. The van der Waals surface area contributed by atoms with E-state index in [1.807, 2.05) is 13.8 Å². The minimum Gasteiger partial charge on any atom is -0.335 e. The molecular formula is C13H16FNOS. The first-order valence-corrected chi connectivity index (χ1v) is 5.82. The summed E-state index contributed by atoms with van der Waals surface area (Å²) in [6, 6.07) is 4.22. The second-order valence-electron chi connectivity index (χ2n) is 3.94. The molecule has 0 aromatic heterocycles. The van der Waals surface area contributed by atoms with E-state index in [4.69, 9.17) is 0 Å². The molecule has 4 heteroatoms. The first kappa shape index (κ1) is 13.8. The number of carbonyl (C=O) groups is 1. The highest BCUT2D eigenvalue weighted by Crippen LogP contribution is 2.16. The van der Waals surface area contributed by atoms with Crippen LogP contribution < -0.4 is 0 Å². The van der Waals surface area contributed by atoms with Gasteiger partial charge in [0, 0.05) is 18.0 Å². The Morgan fingerprint density at radius 2 is 2.18 bits per heavy atom. The van der Waals surface area contributed by atoms with E-state index < -0.39 is 5.82 Å². The van der Waals surface area contributed by atoms with E-state index in [9.17, 15) is 9.18 Å². The minimum atomic E-state index is -0.520. The standard InChI is InChI=1S/C13H16FNOS/c1-4-15(8-9(2)3)13(16)11-7-10(17)5-6-12(11)14/h5-7,17H,2,4,8H2,1,3H3. The second kappa shape index (κ2) is 5.87. The van der Waals surface area contributed by atoms with Crippen molar-refractivity contribution in [2.24, 2.45) is 0 Å². The highest BCUT2D eigenvalue weighted by molar-refractivity contribution is 7.80. The summed E-state index contributed by atoms with van der Waals surface area (Å²) in [4.78, 5) is 14.2. The van der Waals surface area contributed by atoms with Crippen LogP contribution in [0, 0.1) is 5.82 Å². The van der Waals surface area contributed by atoms with Crippen molar-refractivity contribution in [1.82, 2.24) is 4.90 Å². The van der Waals surface area contributed by atoms with E-state index in [1.165, 1.54) is 18.2 Å². The maximum absolute atomic E-state index is 13.6. The molecule has 0 N–H and O–H groups in total. The number of halogens is 1. The van der Waals surface area contributed by atoms with E-state index in [-0.39, 0.29) is 11.5 Å². The number of rotatable bonds is 4. The first-order valence-electron chi connectivity index (χ1n) is 5.38. The summed E-state index contributed by atoms with van der Waals surface area (Å²) < 4.78 is 13.6. The molecule has 1 aromatic carbocycles. The molecule has 0 saturated heterocycles. The third kappa shape index (κ3) is 3.60. The van der Waals surface area contributed by atoms with Crippen molar-refractivity contribution < 1.29 is 9.18 Å². The number of likely N-dealkylation sites (N-methyl/N-ethyl adjacent to an activating group) is 1. The van der Waals surface area contributed by atoms with Gasteiger partial charge in [-0.15, -0.1) is 12.6 Å². The molecule has 0 spiro atoms. The molecule has 0 aliphatic heterocycles. The molecule has 1 aromatic rings. The number of nitrogens with zero attached hydrogens (tertiary/aromatic N) is 1. The smallest absolute Gasteiger partial charge is 0.257 e. The largest absolute Gasteiger partial charge is 0.335 e. The Balaban J connectivity index is 3.01. The van der Waals surface area contributed by atoms with Gasteiger partial charge < -0.3 is 4.90 Å². The molecule has 1 amide bonds. The number of amides is 1. The van der Waals surface area contributed by atoms with Gasteiger partial charge in [-0.3, -0.25) is 4.79 Å². The summed E-state index contributed by atoms with van der Waals surface area (Å²) in [6.07, 6.45) is 0. The van der Waals surface area contributed by atoms with E-state index in [1.54, 1.807) is 4.90 Å². The van der Waals surface area contributed by atoms with Gasteiger partial charge in [-0.1, -0.05) is 12.2 Å². The van der Waals surface area contributed by atoms with Gasteiger partial charge in [0.25, 0.3) is 5.91 Å². The zero-order valence-electron chi connectivity index (χ0n) is 10.0. The highest BCUT2D eigenvalue weighted by atomic mass is 32.1. The van der Waals surface area contributed by atoms with E-state index in [2.05, 4.69) is 19.2 Å². The summed E-state index contributed by atoms with van der Waals surface area (Å²) in [5, 5.41) is 0. The molecule has 0 radical (unpaired) electrons. The van der Waals surface area contributed by atoms with Crippen molar-refractivity contribution in [3.63, 3.8) is 0 Å². The van der Waals surface area contributed by atoms with Gasteiger partial charge in [-0.05, 0) is 32.0 Å². The first-order chi connectivity index (χ1) is 7.95. The molecule has 92 valence electrons. The van der Waals surface area contributed by atoms with Crippen LogP contribution in [0.15, 0.2) is 35.2 Å². The minimum absolute atomic E-state index is 0.0561. The van der Waals surface area contributed by atoms with Crippen LogP contribution >= 0.6 is 12.6 Å². The van der Waals surface area contributed by atoms with E-state index in [0.717, 1.165) is 5.57 Å². The van der Waals surface area contributed by atoms with Gasteiger partial charge in [0.15, 0.2) is 0 Å². The monoisotopic (exact) mass is 253 g/mol. The van der Waals surface area contributed by atoms with Gasteiger partial charge in [0.2, 0.25) is 0 Å². The van der Waals surface area contributed by atoms with Gasteiger partial charge in [-0.25, -0.2) is 4.39 Å². The van der Waals surface area contributed by atoms with Crippen LogP contribution in [0.3, 0.4) is 0 Å². The van der Waals surface area contributed by atoms with Crippen LogP contribution in [0.2, 0.25) is 0 Å². The Bertz CT molecular complexity index is 445. The van der Waals surface area contributed by atoms with Crippen molar-refractivity contribution in [2.45, 2.75) is 18.7 Å². The molecule has 1 rings (SSSR count). The quantitative estimate of drug-likeness (QED) is 0.645. The Kier molecular flexibility index (Phi) is 4.75. The average molecular weight is 253 g/mol. The molecule has 0 saturated carbocycles. The van der Waals surface area contributed by atoms with Crippen LogP contribution in [-0.2, 0) is 0 Å². The number of hydrogen-bond donors (Lipinski definition) is 1. The lowest BCUT2D eigenvalue weighted by Gasteiger charge is -2.21. The van der Waals surface area contributed by atoms with Gasteiger partial charge in [0.05, 0.1) is 5.56 Å². The molecule has 17 heavy (non-hydrogen) atoms. The topological polar surface area (TPSA) is 20.3 Å². The fourth-order valence-corrected chi connectivity index (χ4v) is 1.70. The second-order valence-corrected chi connectivity index (χ2v) is 4.46. The lowest BCUT2D eigenvalue weighted by Crippen LogP contribution is -2.32. The van der Waals surface area contributed by atoms with E-state index in [0.29, 0.717) is 18.0 Å². The summed E-state index contributed by atoms with van der Waals surface area (Å²) in [5.74, 6) is -0.850. The normalized spacial score (nSPS) is 10.1. The number of benzene rings is 1. The maximum atomic E-state index is 13.6. The highest BCUT2D eigenvalue weighted by Gasteiger charge is 2.18. The predicted octanol–water partition coefficient (Wildman–Crippen LogP) is 3.15. The molecule has 0 fully saturated rings. The zero-order valence-corrected chi connectivity index (χ0v) is 10.9. The van der Waals surface area contributed by atoms with Crippen LogP contribution in [0.25, 0.3) is 0 Å². The SMILES string of the molecule is C=C(C)CN(CC)C(=O)c1cc(S)ccc1F. The van der Waals surface area contributed by atoms with Crippen LogP contribution in [-0.4, -0.2) is 23.9 Å². The molecule has 0 atom stereocenters. The Morgan fingerprint density at radius 1 is 1.53 bits per heavy atom. The maximum Gasteiger partial charge on any atom is 0.257 e. The number of hydrogen-bond acceptors (Lipinski definition) is 2. The molecule has 0 unspecified atom stereocenters. The fourth-order valence-electron chi connectivity index (χ4n) is 1.50. The van der Waals surface area contributed by atoms with Crippen molar-refractivity contribution in [3.8, 4) is 0 Å². The van der Waals surface area contributed by atoms with Crippen LogP contribution in [0.5, 0.6) is 0 Å². The van der Waals surface area contributed by atoms with Gasteiger partial charge in [-0.2, -0.15) is 0 Å². The lowest BCUT2D eigenvalue weighted by molar-refractivity contribution is 0.0773. The van der Waals surface area contributed by atoms with Crippen molar-refractivity contribution in [1.29, 1.82) is 0 Å². The molecule has 0 aliphatic carbocycles. The van der Waals surface area contributed by atoms with Gasteiger partial charge >= 0.3 is 0 Å². The number of carbonyl (C=O) groups excluding carboxylic acids is 1. The van der Waals surface area contributed by atoms with Crippen molar-refractivity contribution >= 4 is 18.5 Å². The third-order valence-electron chi connectivity index (χ3n) is 2.31. The van der Waals surface area contributed by atoms with Crippen LogP contribution in [0.1, 0.15) is 24.2 Å². The molecular weight excluding hydrogens is 237 g/mol. The van der Waals surface area contributed by atoms with Crippen molar-refractivity contribution in [2.75, 3.05) is 13.1 Å². The van der Waals surface area contributed by atoms with Crippen molar-refractivity contribution in [3.05, 3.63) is 41.7 Å². The molecule has 0 aliphatic rings. The Hall–Kier alpha value is -1.29. The zero-order chi connectivity index (χ0) is 13.0. The molecule has 0 heterocycles. The molecule has 2 nitrogen and oxygen atoms in total. The average Bonchev–Trinajstić information content (AvgIpc) is 2.28. The van der Waals surface area contributed by atoms with Gasteiger partial charge in [0.1, 0.15) is 5.82 Å². The third-order valence-corrected chi connectivity index (χ3v) is 2.59.